The molecule has 0 bridgehead atoms. The summed E-state index contributed by atoms with van der Waals surface area (Å²) in [6.45, 7) is 6.57. The Balaban J connectivity index is 3.90. The lowest BCUT2D eigenvalue weighted by molar-refractivity contribution is 0.896. The molecule has 0 aliphatic heterocycles. The quantitative estimate of drug-likeness (QED) is 0.583. The van der Waals surface area contributed by atoms with E-state index in [4.69, 9.17) is 0 Å². The van der Waals surface area contributed by atoms with Gasteiger partial charge in [0.05, 0.1) is 0 Å². The third kappa shape index (κ3) is 4.10. The summed E-state index contributed by atoms with van der Waals surface area (Å²) < 4.78 is 0. The van der Waals surface area contributed by atoms with E-state index in [1.807, 2.05) is 38.3 Å². The fourth-order valence-corrected chi connectivity index (χ4v) is 0.623. The van der Waals surface area contributed by atoms with E-state index in [1.165, 1.54) is 5.57 Å². The molecule has 0 unspecified atom stereocenters. The molecule has 1 N–H and O–H groups in total. The van der Waals surface area contributed by atoms with E-state index in [0.29, 0.717) is 0 Å². The first-order chi connectivity index (χ1) is 4.85. The summed E-state index contributed by atoms with van der Waals surface area (Å²) in [4.78, 5) is 0. The van der Waals surface area contributed by atoms with E-state index in [2.05, 4.69) is 11.9 Å². The molecule has 10 heavy (non-hydrogen) atoms. The van der Waals surface area contributed by atoms with Crippen molar-refractivity contribution in [1.82, 2.24) is 5.32 Å². The van der Waals surface area contributed by atoms with Crippen LogP contribution in [0.25, 0.3) is 0 Å². The van der Waals surface area contributed by atoms with Crippen LogP contribution in [0.4, 0.5) is 0 Å². The van der Waals surface area contributed by atoms with Gasteiger partial charge < -0.3 is 5.32 Å². The molecule has 0 fully saturated rings. The molecule has 0 spiro atoms. The smallest absolute Gasteiger partial charge is 0.0202 e. The van der Waals surface area contributed by atoms with Crippen molar-refractivity contribution in [2.45, 2.75) is 6.92 Å². The summed E-state index contributed by atoms with van der Waals surface area (Å²) in [7, 11) is 1.92. The van der Waals surface area contributed by atoms with Gasteiger partial charge in [-0.1, -0.05) is 30.9 Å². The molecule has 0 amide bonds. The maximum atomic E-state index is 3.69. The Labute approximate surface area is 63.1 Å². The van der Waals surface area contributed by atoms with Crippen LogP contribution in [-0.4, -0.2) is 13.6 Å². The van der Waals surface area contributed by atoms with Gasteiger partial charge in [-0.3, -0.25) is 0 Å². The first kappa shape index (κ1) is 9.18. The molecular formula is C9H15N. The number of hydrogen-bond donors (Lipinski definition) is 1. The monoisotopic (exact) mass is 137 g/mol. The molecule has 0 aromatic heterocycles. The molecule has 1 heteroatoms. The molecule has 0 aromatic rings. The highest BCUT2D eigenvalue weighted by Gasteiger charge is 1.83. The summed E-state index contributed by atoms with van der Waals surface area (Å²) in [5, 5.41) is 3.05. The van der Waals surface area contributed by atoms with Crippen LogP contribution < -0.4 is 5.32 Å². The largest absolute Gasteiger partial charge is 0.316 e. The van der Waals surface area contributed by atoms with Gasteiger partial charge in [-0.15, -0.1) is 0 Å². The van der Waals surface area contributed by atoms with Crippen LogP contribution in [0.15, 0.2) is 36.5 Å². The Bertz CT molecular complexity index is 143. The van der Waals surface area contributed by atoms with Gasteiger partial charge in [-0.05, 0) is 19.5 Å². The zero-order valence-corrected chi connectivity index (χ0v) is 6.72. The van der Waals surface area contributed by atoms with E-state index in [9.17, 15) is 0 Å². The molecule has 1 nitrogen and oxygen atoms in total. The van der Waals surface area contributed by atoms with E-state index in [0.717, 1.165) is 6.54 Å². The number of nitrogens with one attached hydrogen (secondary N) is 1. The second kappa shape index (κ2) is 6.30. The summed E-state index contributed by atoms with van der Waals surface area (Å²) in [5.74, 6) is 0. The molecule has 0 aliphatic rings. The fraction of sp³-hybridized carbons (Fsp3) is 0.333. The third-order valence-corrected chi connectivity index (χ3v) is 1.15. The van der Waals surface area contributed by atoms with Crippen molar-refractivity contribution in [1.29, 1.82) is 0 Å². The minimum absolute atomic E-state index is 0.883. The van der Waals surface area contributed by atoms with Crippen molar-refractivity contribution in [3.8, 4) is 0 Å². The first-order valence-electron chi connectivity index (χ1n) is 3.44. The Morgan fingerprint density at radius 1 is 1.60 bits per heavy atom. The average Bonchev–Trinajstić information content (AvgIpc) is 1.98. The van der Waals surface area contributed by atoms with Crippen molar-refractivity contribution in [2.75, 3.05) is 13.6 Å². The fourth-order valence-electron chi connectivity index (χ4n) is 0.623. The van der Waals surface area contributed by atoms with Crippen molar-refractivity contribution < 1.29 is 0 Å². The van der Waals surface area contributed by atoms with Crippen LogP contribution in [0.2, 0.25) is 0 Å². The highest BCUT2D eigenvalue weighted by molar-refractivity contribution is 5.22. The van der Waals surface area contributed by atoms with E-state index >= 15 is 0 Å². The second-order valence-corrected chi connectivity index (χ2v) is 2.00. The van der Waals surface area contributed by atoms with Gasteiger partial charge in [0, 0.05) is 6.54 Å². The van der Waals surface area contributed by atoms with Gasteiger partial charge in [0.15, 0.2) is 0 Å². The maximum absolute atomic E-state index is 3.69. The van der Waals surface area contributed by atoms with Crippen LogP contribution in [0.3, 0.4) is 0 Å². The normalized spacial score (nSPS) is 12.4. The number of rotatable bonds is 4. The van der Waals surface area contributed by atoms with Crippen LogP contribution >= 0.6 is 0 Å². The van der Waals surface area contributed by atoms with Crippen molar-refractivity contribution >= 4 is 0 Å². The standard InChI is InChI=1S/C9H15N/c1-4-6-7-9(5-2)8-10-3/h4-7,10H,2,8H2,1,3H3/b6-4-,9-7+. The van der Waals surface area contributed by atoms with Gasteiger partial charge in [0.25, 0.3) is 0 Å². The molecule has 0 radical (unpaired) electrons. The zero-order chi connectivity index (χ0) is 7.82. The average molecular weight is 137 g/mol. The van der Waals surface area contributed by atoms with Crippen molar-refractivity contribution in [2.24, 2.45) is 0 Å². The molecule has 0 saturated carbocycles. The molecule has 56 valence electrons. The van der Waals surface area contributed by atoms with Crippen LogP contribution in [0.5, 0.6) is 0 Å². The SMILES string of the molecule is C=C/C(=C\C=C/C)CNC. The first-order valence-corrected chi connectivity index (χ1v) is 3.44. The minimum Gasteiger partial charge on any atom is -0.316 e. The number of hydrogen-bond acceptors (Lipinski definition) is 1. The van der Waals surface area contributed by atoms with Gasteiger partial charge >= 0.3 is 0 Å². The predicted molar refractivity (Wildman–Crippen MR) is 47.0 cm³/mol. The predicted octanol–water partition coefficient (Wildman–Crippen LogP) is 1.89. The second-order valence-electron chi connectivity index (χ2n) is 2.00. The van der Waals surface area contributed by atoms with Crippen LogP contribution in [-0.2, 0) is 0 Å². The maximum Gasteiger partial charge on any atom is 0.0202 e. The number of likely N-dealkylation sites (N-methyl/N-ethyl adjacent to an activating group) is 1. The summed E-state index contributed by atoms with van der Waals surface area (Å²) in [6.07, 6.45) is 7.91. The third-order valence-electron chi connectivity index (χ3n) is 1.15. The Kier molecular flexibility index (Phi) is 5.79. The Morgan fingerprint density at radius 2 is 2.30 bits per heavy atom. The topological polar surface area (TPSA) is 12.0 Å². The Morgan fingerprint density at radius 3 is 2.70 bits per heavy atom. The van der Waals surface area contributed by atoms with Crippen LogP contribution in [0, 0.1) is 0 Å². The summed E-state index contributed by atoms with van der Waals surface area (Å²) >= 11 is 0. The van der Waals surface area contributed by atoms with E-state index < -0.39 is 0 Å². The van der Waals surface area contributed by atoms with Crippen molar-refractivity contribution in [3.05, 3.63) is 36.5 Å². The van der Waals surface area contributed by atoms with Gasteiger partial charge in [0.2, 0.25) is 0 Å². The molecule has 0 rings (SSSR count). The summed E-state index contributed by atoms with van der Waals surface area (Å²) in [6, 6.07) is 0. The molecule has 0 aliphatic carbocycles. The highest BCUT2D eigenvalue weighted by Crippen LogP contribution is 1.92. The molecule has 0 heterocycles. The van der Waals surface area contributed by atoms with E-state index in [1.54, 1.807) is 0 Å². The highest BCUT2D eigenvalue weighted by atomic mass is 14.8. The molecule has 0 aromatic carbocycles. The summed E-state index contributed by atoms with van der Waals surface area (Å²) in [5.41, 5.74) is 1.21. The van der Waals surface area contributed by atoms with Gasteiger partial charge in [-0.25, -0.2) is 0 Å². The van der Waals surface area contributed by atoms with Crippen LogP contribution in [0.1, 0.15) is 6.92 Å². The van der Waals surface area contributed by atoms with Gasteiger partial charge in [0.1, 0.15) is 0 Å². The van der Waals surface area contributed by atoms with Crippen molar-refractivity contribution in [3.63, 3.8) is 0 Å². The van der Waals surface area contributed by atoms with E-state index in [-0.39, 0.29) is 0 Å². The minimum atomic E-state index is 0.883. The molecule has 0 saturated heterocycles. The van der Waals surface area contributed by atoms with Gasteiger partial charge in [-0.2, -0.15) is 0 Å². The number of allylic oxidation sites excluding steroid dienone is 3. The lowest BCUT2D eigenvalue weighted by atomic mass is 10.2. The Hall–Kier alpha value is -0.820. The lowest BCUT2D eigenvalue weighted by Gasteiger charge is -1.96. The lowest BCUT2D eigenvalue weighted by Crippen LogP contribution is -2.08. The zero-order valence-electron chi connectivity index (χ0n) is 6.72. The molecule has 0 atom stereocenters. The molecular weight excluding hydrogens is 122 g/mol.